The van der Waals surface area contributed by atoms with Gasteiger partial charge in [0, 0.05) is 6.42 Å². The van der Waals surface area contributed by atoms with Gasteiger partial charge in [-0.3, -0.25) is 13.8 Å². The molecule has 262 valence electrons. The number of likely N-dealkylation sites (N-methyl/N-ethyl adjacent to an activating group) is 1. The highest BCUT2D eigenvalue weighted by molar-refractivity contribution is 7.47. The van der Waals surface area contributed by atoms with Crippen LogP contribution < -0.4 is 5.32 Å². The van der Waals surface area contributed by atoms with Crippen LogP contribution in [0.2, 0.25) is 0 Å². The summed E-state index contributed by atoms with van der Waals surface area (Å²) >= 11 is 0. The first-order chi connectivity index (χ1) is 22.0. The molecule has 0 aliphatic rings. The molecular weight excluding hydrogens is 599 g/mol. The number of phosphoric acid groups is 1. The molecule has 0 saturated heterocycles. The molecule has 8 nitrogen and oxygen atoms in total. The molecule has 3 N–H and O–H groups in total. The van der Waals surface area contributed by atoms with E-state index in [4.69, 9.17) is 9.05 Å². The number of aliphatic hydroxyl groups excluding tert-OH is 1. The molecule has 46 heavy (non-hydrogen) atoms. The number of rotatable bonds is 28. The highest BCUT2D eigenvalue weighted by atomic mass is 31.2. The monoisotopic (exact) mass is 663 g/mol. The number of allylic oxidation sites excluding steroid dienone is 13. The summed E-state index contributed by atoms with van der Waals surface area (Å²) in [6, 6.07) is -0.908. The standard InChI is InChI=1S/C37H63N2O6P/c1-6-8-10-12-14-16-18-19-21-23-25-27-29-31-37(41)38-35(34-45-46(42,43)44-33-32-39(3,4)5)36(40)30-28-26-24-22-20-17-15-13-11-9-7-2/h8,10-11,13-14,16,19-22,25,27-28,30,35-36,40H,6-7,9,12,15,17-18,23-24,26,29,31-34H2,1-5H3,(H-,38,41,42,43)/p+1/b10-8-,13-11+,16-14-,21-19-,22-20+,27-25-,30-28+. The minimum Gasteiger partial charge on any atom is -0.387 e. The Labute approximate surface area is 280 Å². The Morgan fingerprint density at radius 1 is 0.739 bits per heavy atom. The van der Waals surface area contributed by atoms with Gasteiger partial charge in [0.05, 0.1) is 39.9 Å². The van der Waals surface area contributed by atoms with Gasteiger partial charge in [-0.25, -0.2) is 4.57 Å². The summed E-state index contributed by atoms with van der Waals surface area (Å²) in [7, 11) is 1.48. The van der Waals surface area contributed by atoms with E-state index < -0.39 is 20.0 Å². The average Bonchev–Trinajstić information content (AvgIpc) is 2.99. The predicted octanol–water partition coefficient (Wildman–Crippen LogP) is 8.29. The summed E-state index contributed by atoms with van der Waals surface area (Å²) < 4.78 is 23.3. The van der Waals surface area contributed by atoms with E-state index in [-0.39, 0.29) is 25.5 Å². The number of quaternary nitrogens is 1. The summed E-state index contributed by atoms with van der Waals surface area (Å²) in [5, 5.41) is 13.6. The molecular formula is C37H64N2O6P+. The first-order valence-electron chi connectivity index (χ1n) is 17.0. The molecule has 3 unspecified atom stereocenters. The van der Waals surface area contributed by atoms with Crippen molar-refractivity contribution in [3.63, 3.8) is 0 Å². The third-order valence-corrected chi connectivity index (χ3v) is 7.56. The second-order valence-electron chi connectivity index (χ2n) is 12.1. The van der Waals surface area contributed by atoms with Crippen LogP contribution in [0.4, 0.5) is 0 Å². The van der Waals surface area contributed by atoms with Gasteiger partial charge in [0.2, 0.25) is 5.91 Å². The first kappa shape index (κ1) is 43.7. The number of unbranched alkanes of at least 4 members (excludes halogenated alkanes) is 3. The molecule has 0 spiro atoms. The average molecular weight is 664 g/mol. The van der Waals surface area contributed by atoms with Crippen LogP contribution in [-0.4, -0.2) is 73.4 Å². The molecule has 9 heteroatoms. The summed E-state index contributed by atoms with van der Waals surface area (Å²) in [5.41, 5.74) is 0. The zero-order chi connectivity index (χ0) is 34.4. The third-order valence-electron chi connectivity index (χ3n) is 6.57. The van der Waals surface area contributed by atoms with E-state index in [2.05, 4.69) is 79.9 Å². The first-order valence-corrected chi connectivity index (χ1v) is 18.5. The van der Waals surface area contributed by atoms with Crippen LogP contribution in [-0.2, 0) is 18.4 Å². The predicted molar refractivity (Wildman–Crippen MR) is 193 cm³/mol. The minimum absolute atomic E-state index is 0.0359. The van der Waals surface area contributed by atoms with Crippen molar-refractivity contribution in [3.8, 4) is 0 Å². The van der Waals surface area contributed by atoms with Gasteiger partial charge in [-0.1, -0.05) is 105 Å². The Balaban J connectivity index is 4.84. The van der Waals surface area contributed by atoms with Crippen LogP contribution in [0, 0.1) is 0 Å². The second kappa shape index (κ2) is 28.9. The molecule has 0 fully saturated rings. The van der Waals surface area contributed by atoms with Crippen LogP contribution >= 0.6 is 7.82 Å². The van der Waals surface area contributed by atoms with Crippen molar-refractivity contribution in [1.29, 1.82) is 0 Å². The molecule has 0 aromatic heterocycles. The highest BCUT2D eigenvalue weighted by Gasteiger charge is 2.27. The molecule has 0 aliphatic carbocycles. The number of nitrogens with one attached hydrogen (secondary N) is 1. The van der Waals surface area contributed by atoms with Crippen molar-refractivity contribution in [3.05, 3.63) is 85.1 Å². The number of hydrogen-bond acceptors (Lipinski definition) is 5. The summed E-state index contributed by atoms with van der Waals surface area (Å²) in [5.74, 6) is -0.279. The van der Waals surface area contributed by atoms with Gasteiger partial charge in [0.25, 0.3) is 0 Å². The normalized spacial score (nSPS) is 15.9. The fourth-order valence-electron chi connectivity index (χ4n) is 3.85. The molecule has 0 aromatic rings. The van der Waals surface area contributed by atoms with E-state index in [1.54, 1.807) is 6.08 Å². The lowest BCUT2D eigenvalue weighted by molar-refractivity contribution is -0.870. The lowest BCUT2D eigenvalue weighted by atomic mass is 10.1. The highest BCUT2D eigenvalue weighted by Crippen LogP contribution is 2.43. The lowest BCUT2D eigenvalue weighted by Gasteiger charge is -2.25. The number of hydrogen-bond donors (Lipinski definition) is 3. The maximum atomic E-state index is 12.7. The molecule has 0 aromatic carbocycles. The van der Waals surface area contributed by atoms with Gasteiger partial charge in [0.1, 0.15) is 13.2 Å². The molecule has 0 aliphatic heterocycles. The van der Waals surface area contributed by atoms with Gasteiger partial charge in [-0.2, -0.15) is 0 Å². The van der Waals surface area contributed by atoms with Gasteiger partial charge in [0.15, 0.2) is 0 Å². The number of phosphoric ester groups is 1. The van der Waals surface area contributed by atoms with E-state index in [9.17, 15) is 19.4 Å². The van der Waals surface area contributed by atoms with Crippen molar-refractivity contribution in [2.45, 2.75) is 103 Å². The topological polar surface area (TPSA) is 105 Å². The SMILES string of the molecule is CC/C=C\C/C=C\C/C=C\C/C=C\CCC(=O)NC(COP(=O)(O)OCC[N+](C)(C)C)C(O)/C=C/CC/C=C/CC/C=C/CCC. The maximum absolute atomic E-state index is 12.7. The van der Waals surface area contributed by atoms with Crippen LogP contribution in [0.5, 0.6) is 0 Å². The Morgan fingerprint density at radius 3 is 1.78 bits per heavy atom. The lowest BCUT2D eigenvalue weighted by Crippen LogP contribution is -2.45. The molecule has 0 heterocycles. The van der Waals surface area contributed by atoms with E-state index in [0.717, 1.165) is 64.2 Å². The Morgan fingerprint density at radius 2 is 1.24 bits per heavy atom. The number of aliphatic hydroxyl groups is 1. The summed E-state index contributed by atoms with van der Waals surface area (Å²) in [4.78, 5) is 22.8. The molecule has 1 amide bonds. The number of carbonyl (C=O) groups is 1. The molecule has 0 radical (unpaired) electrons. The smallest absolute Gasteiger partial charge is 0.387 e. The Bertz CT molecular complexity index is 1020. The fraction of sp³-hybridized carbons (Fsp3) is 0.595. The summed E-state index contributed by atoms with van der Waals surface area (Å²) in [6.45, 7) is 4.47. The van der Waals surface area contributed by atoms with Gasteiger partial charge >= 0.3 is 7.82 Å². The zero-order valence-corrected chi connectivity index (χ0v) is 30.2. The van der Waals surface area contributed by atoms with E-state index in [0.29, 0.717) is 17.4 Å². The van der Waals surface area contributed by atoms with Crippen LogP contribution in [0.15, 0.2) is 85.1 Å². The third kappa shape index (κ3) is 30.3. The zero-order valence-electron chi connectivity index (χ0n) is 29.3. The van der Waals surface area contributed by atoms with Crippen molar-refractivity contribution >= 4 is 13.7 Å². The molecule has 0 bridgehead atoms. The van der Waals surface area contributed by atoms with Gasteiger partial charge < -0.3 is 19.8 Å². The summed E-state index contributed by atoms with van der Waals surface area (Å²) in [6.07, 6.45) is 38.2. The van der Waals surface area contributed by atoms with Crippen LogP contribution in [0.1, 0.15) is 90.9 Å². The van der Waals surface area contributed by atoms with E-state index in [1.807, 2.05) is 39.4 Å². The van der Waals surface area contributed by atoms with Gasteiger partial charge in [-0.05, 0) is 64.2 Å². The molecule has 0 rings (SSSR count). The van der Waals surface area contributed by atoms with E-state index in [1.165, 1.54) is 0 Å². The number of carbonyl (C=O) groups excluding carboxylic acids is 1. The molecule has 3 atom stereocenters. The molecule has 0 saturated carbocycles. The second-order valence-corrected chi connectivity index (χ2v) is 13.6. The largest absolute Gasteiger partial charge is 0.472 e. The van der Waals surface area contributed by atoms with E-state index >= 15 is 0 Å². The Hall–Kier alpha value is -2.32. The van der Waals surface area contributed by atoms with Crippen molar-refractivity contribution in [1.82, 2.24) is 5.32 Å². The fourth-order valence-corrected chi connectivity index (χ4v) is 4.59. The van der Waals surface area contributed by atoms with Gasteiger partial charge in [-0.15, -0.1) is 0 Å². The van der Waals surface area contributed by atoms with Crippen LogP contribution in [0.3, 0.4) is 0 Å². The quantitative estimate of drug-likeness (QED) is 0.0337. The number of nitrogens with zero attached hydrogens (tertiary/aromatic N) is 1. The van der Waals surface area contributed by atoms with Crippen molar-refractivity contribution in [2.24, 2.45) is 0 Å². The minimum atomic E-state index is -4.36. The maximum Gasteiger partial charge on any atom is 0.472 e. The van der Waals surface area contributed by atoms with Crippen molar-refractivity contribution < 1.29 is 32.9 Å². The Kier molecular flexibility index (Phi) is 27.4. The van der Waals surface area contributed by atoms with Crippen LogP contribution in [0.25, 0.3) is 0 Å². The number of amides is 1. The van der Waals surface area contributed by atoms with Crippen molar-refractivity contribution in [2.75, 3.05) is 40.9 Å².